The molecule has 2 aromatic rings. The van der Waals surface area contributed by atoms with Crippen molar-refractivity contribution in [3.8, 4) is 5.88 Å². The minimum absolute atomic E-state index is 0.160. The zero-order valence-electron chi connectivity index (χ0n) is 19.9. The number of alkyl halides is 3. The maximum atomic E-state index is 13.8. The van der Waals surface area contributed by atoms with E-state index in [1.807, 2.05) is 45.9 Å². The van der Waals surface area contributed by atoms with E-state index in [2.05, 4.69) is 10.3 Å². The van der Waals surface area contributed by atoms with Gasteiger partial charge in [0.15, 0.2) is 6.29 Å². The summed E-state index contributed by atoms with van der Waals surface area (Å²) in [5.74, 6) is -0.527. The molecule has 1 aromatic heterocycles. The molecule has 0 spiro atoms. The second kappa shape index (κ2) is 8.57. The second-order valence-electron chi connectivity index (χ2n) is 9.69. The Kier molecular flexibility index (Phi) is 6.18. The first kappa shape index (κ1) is 24.5. The van der Waals surface area contributed by atoms with E-state index in [0.717, 1.165) is 35.5 Å². The number of fused-ring (bicyclic) bond motifs is 1. The van der Waals surface area contributed by atoms with E-state index in [1.165, 1.54) is 7.11 Å². The van der Waals surface area contributed by atoms with Crippen LogP contribution in [0, 0.1) is 0 Å². The van der Waals surface area contributed by atoms with Crippen LogP contribution in [0.1, 0.15) is 73.6 Å². The van der Waals surface area contributed by atoms with E-state index in [1.54, 1.807) is 0 Å². The Morgan fingerprint density at radius 1 is 1.21 bits per heavy atom. The van der Waals surface area contributed by atoms with Crippen molar-refractivity contribution >= 4 is 24.7 Å². The summed E-state index contributed by atoms with van der Waals surface area (Å²) in [4.78, 5) is 15.3. The number of carbonyl (C=O) groups is 1. The predicted octanol–water partition coefficient (Wildman–Crippen LogP) is 4.71. The number of hydrogen-bond acceptors (Lipinski definition) is 6. The lowest BCUT2D eigenvalue weighted by Gasteiger charge is -2.32. The number of anilines is 1. The van der Waals surface area contributed by atoms with Crippen LogP contribution in [0.5, 0.6) is 5.88 Å². The Morgan fingerprint density at radius 2 is 1.88 bits per heavy atom. The lowest BCUT2D eigenvalue weighted by Crippen LogP contribution is -2.41. The topological polar surface area (TPSA) is 69.7 Å². The SMILES string of the molecule is COc1nc(NC2CCCc3c(B4OC(C)(C)C(C)(C)O4)cccc32)c(C(F)(F)F)cc1C=O. The number of hydrogen-bond donors (Lipinski definition) is 1. The Hall–Kier alpha value is -2.59. The van der Waals surface area contributed by atoms with Crippen LogP contribution in [0.4, 0.5) is 19.0 Å². The first-order chi connectivity index (χ1) is 15.9. The molecule has 1 aliphatic carbocycles. The molecule has 0 radical (unpaired) electrons. The predicted molar refractivity (Wildman–Crippen MR) is 123 cm³/mol. The number of benzene rings is 1. The van der Waals surface area contributed by atoms with Crippen molar-refractivity contribution in [2.75, 3.05) is 12.4 Å². The maximum absolute atomic E-state index is 13.8. The number of ether oxygens (including phenoxy) is 1. The van der Waals surface area contributed by atoms with Gasteiger partial charge < -0.3 is 19.4 Å². The molecule has 1 saturated heterocycles. The lowest BCUT2D eigenvalue weighted by molar-refractivity contribution is -0.137. The van der Waals surface area contributed by atoms with E-state index in [-0.39, 0.29) is 17.3 Å². The molecule has 2 heterocycles. The summed E-state index contributed by atoms with van der Waals surface area (Å²) in [6.07, 6.45) is -2.23. The highest BCUT2D eigenvalue weighted by Gasteiger charge is 2.52. The zero-order valence-corrected chi connectivity index (χ0v) is 19.9. The van der Waals surface area contributed by atoms with Crippen molar-refractivity contribution in [2.45, 2.75) is 70.4 Å². The minimum Gasteiger partial charge on any atom is -0.480 e. The molecule has 1 N–H and O–H groups in total. The largest absolute Gasteiger partial charge is 0.495 e. The van der Waals surface area contributed by atoms with Crippen LogP contribution in [-0.2, 0) is 21.9 Å². The van der Waals surface area contributed by atoms with E-state index >= 15 is 0 Å². The van der Waals surface area contributed by atoms with Gasteiger partial charge in [-0.25, -0.2) is 0 Å². The summed E-state index contributed by atoms with van der Waals surface area (Å²) in [6.45, 7) is 7.92. The molecular weight excluding hydrogens is 448 g/mol. The van der Waals surface area contributed by atoms with Crippen molar-refractivity contribution in [3.05, 3.63) is 46.5 Å². The molecule has 0 bridgehead atoms. The van der Waals surface area contributed by atoms with Crippen molar-refractivity contribution in [1.82, 2.24) is 4.98 Å². The van der Waals surface area contributed by atoms with E-state index < -0.39 is 36.1 Å². The van der Waals surface area contributed by atoms with Gasteiger partial charge in [0.1, 0.15) is 5.82 Å². The number of aromatic nitrogens is 1. The molecule has 1 aromatic carbocycles. The van der Waals surface area contributed by atoms with Crippen molar-refractivity contribution in [2.24, 2.45) is 0 Å². The standard InChI is InChI=1S/C24H28BF3N2O4/c1-22(2)23(3,4)34-25(33-22)18-10-6-9-16-15(18)8-7-11-19(16)29-20-17(24(26,27)28)12-14(13-31)21(30-20)32-5/h6,9-10,12-13,19H,7-8,11H2,1-5H3,(H,29,30). The normalized spacial score (nSPS) is 21.2. The maximum Gasteiger partial charge on any atom is 0.495 e. The molecule has 6 nitrogen and oxygen atoms in total. The van der Waals surface area contributed by atoms with Gasteiger partial charge in [-0.3, -0.25) is 4.79 Å². The fraction of sp³-hybridized carbons (Fsp3) is 0.500. The van der Waals surface area contributed by atoms with Crippen LogP contribution in [-0.4, -0.2) is 36.7 Å². The van der Waals surface area contributed by atoms with Gasteiger partial charge in [-0.15, -0.1) is 0 Å². The third-order valence-electron chi connectivity index (χ3n) is 7.00. The highest BCUT2D eigenvalue weighted by molar-refractivity contribution is 6.62. The summed E-state index contributed by atoms with van der Waals surface area (Å²) < 4.78 is 58.9. The molecule has 0 saturated carbocycles. The fourth-order valence-corrected chi connectivity index (χ4v) is 4.47. The number of pyridine rings is 1. The smallest absolute Gasteiger partial charge is 0.480 e. The molecule has 1 atom stereocenters. The van der Waals surface area contributed by atoms with Crippen LogP contribution in [0.2, 0.25) is 0 Å². The first-order valence-corrected chi connectivity index (χ1v) is 11.2. The van der Waals surface area contributed by atoms with Crippen LogP contribution in [0.25, 0.3) is 0 Å². The number of halogens is 3. The van der Waals surface area contributed by atoms with Crippen LogP contribution in [0.15, 0.2) is 24.3 Å². The van der Waals surface area contributed by atoms with Gasteiger partial charge in [0.2, 0.25) is 5.88 Å². The van der Waals surface area contributed by atoms with Gasteiger partial charge in [-0.05, 0) is 69.6 Å². The summed E-state index contributed by atoms with van der Waals surface area (Å²) in [5, 5.41) is 2.98. The van der Waals surface area contributed by atoms with Gasteiger partial charge in [0.25, 0.3) is 0 Å². The third kappa shape index (κ3) is 4.29. The number of methoxy groups -OCH3 is 1. The average Bonchev–Trinajstić information content (AvgIpc) is 2.99. The Labute approximate surface area is 197 Å². The molecule has 182 valence electrons. The molecule has 10 heteroatoms. The summed E-state index contributed by atoms with van der Waals surface area (Å²) >= 11 is 0. The molecule has 1 fully saturated rings. The Morgan fingerprint density at radius 3 is 2.47 bits per heavy atom. The number of nitrogens with zero attached hydrogens (tertiary/aromatic N) is 1. The molecule has 0 amide bonds. The quantitative estimate of drug-likeness (QED) is 0.498. The summed E-state index contributed by atoms with van der Waals surface area (Å²) in [7, 11) is 0.702. The van der Waals surface area contributed by atoms with Crippen LogP contribution in [0.3, 0.4) is 0 Å². The van der Waals surface area contributed by atoms with Gasteiger partial charge in [0.05, 0.1) is 35.5 Å². The fourth-order valence-electron chi connectivity index (χ4n) is 4.47. The number of aldehydes is 1. The number of rotatable bonds is 5. The molecule has 34 heavy (non-hydrogen) atoms. The second-order valence-corrected chi connectivity index (χ2v) is 9.69. The number of nitrogens with one attached hydrogen (secondary N) is 1. The van der Waals surface area contributed by atoms with E-state index in [9.17, 15) is 18.0 Å². The third-order valence-corrected chi connectivity index (χ3v) is 7.00. The van der Waals surface area contributed by atoms with Crippen LogP contribution < -0.4 is 15.5 Å². The van der Waals surface area contributed by atoms with E-state index in [4.69, 9.17) is 14.0 Å². The lowest BCUT2D eigenvalue weighted by atomic mass is 9.71. The summed E-state index contributed by atoms with van der Waals surface area (Å²) in [6, 6.07) is 6.08. The first-order valence-electron chi connectivity index (χ1n) is 11.2. The number of carbonyl (C=O) groups excluding carboxylic acids is 1. The highest BCUT2D eigenvalue weighted by Crippen LogP contribution is 2.41. The van der Waals surface area contributed by atoms with E-state index in [0.29, 0.717) is 12.7 Å². The van der Waals surface area contributed by atoms with Crippen molar-refractivity contribution in [1.29, 1.82) is 0 Å². The van der Waals surface area contributed by atoms with Crippen LogP contribution >= 0.6 is 0 Å². The van der Waals surface area contributed by atoms with Crippen molar-refractivity contribution < 1.29 is 32.0 Å². The average molecular weight is 476 g/mol. The van der Waals surface area contributed by atoms with Gasteiger partial charge in [-0.1, -0.05) is 18.2 Å². The highest BCUT2D eigenvalue weighted by atomic mass is 19.4. The monoisotopic (exact) mass is 476 g/mol. The molecule has 1 unspecified atom stereocenters. The Balaban J connectivity index is 1.72. The minimum atomic E-state index is -4.69. The molecular formula is C24H28BF3N2O4. The van der Waals surface area contributed by atoms with Crippen molar-refractivity contribution in [3.63, 3.8) is 0 Å². The van der Waals surface area contributed by atoms with Gasteiger partial charge >= 0.3 is 13.3 Å². The van der Waals surface area contributed by atoms with Gasteiger partial charge in [0, 0.05) is 0 Å². The summed E-state index contributed by atoms with van der Waals surface area (Å²) in [5.41, 5.74) is 0.504. The molecule has 1 aliphatic heterocycles. The molecule has 2 aliphatic rings. The Bertz CT molecular complexity index is 1090. The van der Waals surface area contributed by atoms with Gasteiger partial charge in [-0.2, -0.15) is 18.2 Å². The zero-order chi connectivity index (χ0) is 24.9. The molecule has 4 rings (SSSR count).